The zero-order valence-electron chi connectivity index (χ0n) is 16.7. The van der Waals surface area contributed by atoms with Gasteiger partial charge in [0, 0.05) is 10.6 Å². The summed E-state index contributed by atoms with van der Waals surface area (Å²) in [4.78, 5) is 24.5. The van der Waals surface area contributed by atoms with E-state index in [1.807, 2.05) is 0 Å². The van der Waals surface area contributed by atoms with E-state index in [9.17, 15) is 18.0 Å². The molecule has 0 aromatic heterocycles. The van der Waals surface area contributed by atoms with Crippen molar-refractivity contribution in [2.75, 3.05) is 17.1 Å². The van der Waals surface area contributed by atoms with Crippen LogP contribution in [0.15, 0.2) is 71.6 Å². The molecule has 31 heavy (non-hydrogen) atoms. The quantitative estimate of drug-likeness (QED) is 0.530. The molecule has 0 bridgehead atoms. The maximum absolute atomic E-state index is 12.8. The Balaban J connectivity index is 1.86. The van der Waals surface area contributed by atoms with Crippen LogP contribution in [-0.2, 0) is 14.8 Å². The lowest BCUT2D eigenvalue weighted by Gasteiger charge is -2.12. The van der Waals surface area contributed by atoms with Gasteiger partial charge in [-0.05, 0) is 61.0 Å². The van der Waals surface area contributed by atoms with Crippen molar-refractivity contribution in [1.82, 2.24) is 0 Å². The highest BCUT2D eigenvalue weighted by molar-refractivity contribution is 7.92. The maximum Gasteiger partial charge on any atom is 0.339 e. The highest BCUT2D eigenvalue weighted by atomic mass is 35.5. The number of benzene rings is 3. The van der Waals surface area contributed by atoms with Crippen LogP contribution in [-0.4, -0.2) is 27.4 Å². The molecule has 0 spiro atoms. The van der Waals surface area contributed by atoms with Crippen molar-refractivity contribution in [1.29, 1.82) is 0 Å². The first-order chi connectivity index (χ1) is 14.7. The number of rotatable bonds is 6. The molecule has 0 aliphatic carbocycles. The van der Waals surface area contributed by atoms with Gasteiger partial charge in [0.1, 0.15) is 0 Å². The van der Waals surface area contributed by atoms with Gasteiger partial charge in [-0.3, -0.25) is 9.52 Å². The minimum atomic E-state index is -3.95. The Hall–Kier alpha value is -3.36. The molecule has 0 atom stereocenters. The van der Waals surface area contributed by atoms with E-state index in [-0.39, 0.29) is 21.7 Å². The monoisotopic (exact) mass is 458 g/mol. The predicted molar refractivity (Wildman–Crippen MR) is 119 cm³/mol. The lowest BCUT2D eigenvalue weighted by atomic mass is 10.1. The first kappa shape index (κ1) is 22.3. The number of halogens is 1. The van der Waals surface area contributed by atoms with E-state index in [2.05, 4.69) is 10.0 Å². The first-order valence-electron chi connectivity index (χ1n) is 9.09. The molecule has 0 heterocycles. The van der Waals surface area contributed by atoms with Gasteiger partial charge in [0.25, 0.3) is 15.9 Å². The van der Waals surface area contributed by atoms with Gasteiger partial charge in [0.05, 0.1) is 28.9 Å². The molecule has 3 aromatic rings. The predicted octanol–water partition coefficient (Wildman–Crippen LogP) is 4.49. The Kier molecular flexibility index (Phi) is 6.62. The molecule has 7 nitrogen and oxygen atoms in total. The van der Waals surface area contributed by atoms with Crippen LogP contribution >= 0.6 is 11.6 Å². The van der Waals surface area contributed by atoms with Gasteiger partial charge in [-0.15, -0.1) is 0 Å². The minimum Gasteiger partial charge on any atom is -0.465 e. The zero-order chi connectivity index (χ0) is 22.6. The third kappa shape index (κ3) is 5.22. The van der Waals surface area contributed by atoms with Crippen LogP contribution in [0, 0.1) is 6.92 Å². The highest BCUT2D eigenvalue weighted by Crippen LogP contribution is 2.24. The number of carbonyl (C=O) groups is 2. The van der Waals surface area contributed by atoms with Crippen molar-refractivity contribution in [2.24, 2.45) is 0 Å². The lowest BCUT2D eigenvalue weighted by Crippen LogP contribution is -2.17. The molecular formula is C22H19ClN2O5S. The highest BCUT2D eigenvalue weighted by Gasteiger charge is 2.19. The van der Waals surface area contributed by atoms with Gasteiger partial charge in [-0.2, -0.15) is 0 Å². The number of methoxy groups -OCH3 is 1. The third-order valence-corrected chi connectivity index (χ3v) is 6.02. The smallest absolute Gasteiger partial charge is 0.339 e. The van der Waals surface area contributed by atoms with E-state index in [0.717, 1.165) is 0 Å². The number of anilines is 2. The van der Waals surface area contributed by atoms with Crippen molar-refractivity contribution in [3.63, 3.8) is 0 Å². The van der Waals surface area contributed by atoms with Crippen molar-refractivity contribution in [2.45, 2.75) is 11.8 Å². The molecule has 0 saturated carbocycles. The minimum absolute atomic E-state index is 0.0873. The summed E-state index contributed by atoms with van der Waals surface area (Å²) in [7, 11) is -2.71. The Morgan fingerprint density at radius 2 is 1.68 bits per heavy atom. The lowest BCUT2D eigenvalue weighted by molar-refractivity contribution is 0.0602. The van der Waals surface area contributed by atoms with Crippen molar-refractivity contribution < 1.29 is 22.7 Å². The largest absolute Gasteiger partial charge is 0.465 e. The maximum atomic E-state index is 12.8. The van der Waals surface area contributed by atoms with Gasteiger partial charge in [-0.25, -0.2) is 13.2 Å². The molecular weight excluding hydrogens is 440 g/mol. The number of sulfonamides is 1. The van der Waals surface area contributed by atoms with Crippen molar-refractivity contribution in [3.05, 3.63) is 88.4 Å². The fourth-order valence-corrected chi connectivity index (χ4v) is 4.23. The number of amides is 1. The van der Waals surface area contributed by atoms with Crippen LogP contribution in [0.3, 0.4) is 0 Å². The van der Waals surface area contributed by atoms with E-state index in [0.29, 0.717) is 16.3 Å². The fourth-order valence-electron chi connectivity index (χ4n) is 2.82. The Bertz CT molecular complexity index is 1260. The van der Waals surface area contributed by atoms with E-state index < -0.39 is 21.9 Å². The number of ether oxygens (including phenoxy) is 1. The van der Waals surface area contributed by atoms with Crippen LogP contribution in [0.25, 0.3) is 0 Å². The standard InChI is InChI=1S/C22H19ClN2O5S/c1-14-12-16(23)10-11-19(14)25-31(28,29)17-7-5-6-15(13-17)21(26)24-20-9-4-3-8-18(20)22(27)30-2/h3-13,25H,1-2H3,(H,24,26). The van der Waals surface area contributed by atoms with Crippen LogP contribution in [0.2, 0.25) is 5.02 Å². The Morgan fingerprint density at radius 1 is 0.935 bits per heavy atom. The van der Waals surface area contributed by atoms with Crippen molar-refractivity contribution >= 4 is 44.9 Å². The molecule has 0 aliphatic rings. The van der Waals surface area contributed by atoms with Crippen LogP contribution in [0.1, 0.15) is 26.3 Å². The van der Waals surface area contributed by atoms with E-state index >= 15 is 0 Å². The van der Waals surface area contributed by atoms with Gasteiger partial charge < -0.3 is 10.1 Å². The molecule has 1 amide bonds. The molecule has 160 valence electrons. The number of aryl methyl sites for hydroxylation is 1. The molecule has 9 heteroatoms. The molecule has 3 aromatic carbocycles. The summed E-state index contributed by atoms with van der Waals surface area (Å²) in [5, 5.41) is 3.11. The molecule has 0 unspecified atom stereocenters. The average Bonchev–Trinajstić information content (AvgIpc) is 2.75. The average molecular weight is 459 g/mol. The van der Waals surface area contributed by atoms with Gasteiger partial charge in [0.2, 0.25) is 0 Å². The van der Waals surface area contributed by atoms with Gasteiger partial charge >= 0.3 is 5.97 Å². The number of hydrogen-bond donors (Lipinski definition) is 2. The number of nitrogens with one attached hydrogen (secondary N) is 2. The SMILES string of the molecule is COC(=O)c1ccccc1NC(=O)c1cccc(S(=O)(=O)Nc2ccc(Cl)cc2C)c1. The summed E-state index contributed by atoms with van der Waals surface area (Å²) in [5.41, 5.74) is 1.58. The molecule has 3 rings (SSSR count). The summed E-state index contributed by atoms with van der Waals surface area (Å²) < 4.78 is 32.8. The van der Waals surface area contributed by atoms with Crippen LogP contribution in [0.4, 0.5) is 11.4 Å². The van der Waals surface area contributed by atoms with E-state index in [1.54, 1.807) is 43.3 Å². The van der Waals surface area contributed by atoms with E-state index in [1.165, 1.54) is 37.4 Å². The summed E-state index contributed by atoms with van der Waals surface area (Å²) in [6.07, 6.45) is 0. The summed E-state index contributed by atoms with van der Waals surface area (Å²) in [6.45, 7) is 1.73. The number of para-hydroxylation sites is 1. The van der Waals surface area contributed by atoms with Gasteiger partial charge in [-0.1, -0.05) is 29.8 Å². The van der Waals surface area contributed by atoms with E-state index in [4.69, 9.17) is 16.3 Å². The Labute approximate surface area is 185 Å². The third-order valence-electron chi connectivity index (χ3n) is 4.42. The second-order valence-electron chi connectivity index (χ2n) is 6.58. The summed E-state index contributed by atoms with van der Waals surface area (Å²) >= 11 is 5.92. The molecule has 0 radical (unpaired) electrons. The second kappa shape index (κ2) is 9.20. The molecule has 2 N–H and O–H groups in total. The molecule has 0 fully saturated rings. The second-order valence-corrected chi connectivity index (χ2v) is 8.70. The first-order valence-corrected chi connectivity index (χ1v) is 10.9. The van der Waals surface area contributed by atoms with Crippen molar-refractivity contribution in [3.8, 4) is 0 Å². The summed E-state index contributed by atoms with van der Waals surface area (Å²) in [6, 6.07) is 16.7. The number of carbonyl (C=O) groups excluding carboxylic acids is 2. The number of esters is 1. The Morgan fingerprint density at radius 3 is 2.39 bits per heavy atom. The van der Waals surface area contributed by atoms with Crippen LogP contribution < -0.4 is 10.0 Å². The van der Waals surface area contributed by atoms with Crippen LogP contribution in [0.5, 0.6) is 0 Å². The normalized spacial score (nSPS) is 10.9. The fraction of sp³-hybridized carbons (Fsp3) is 0.0909. The van der Waals surface area contributed by atoms with Gasteiger partial charge in [0.15, 0.2) is 0 Å². The topological polar surface area (TPSA) is 102 Å². The molecule has 0 saturated heterocycles. The number of hydrogen-bond acceptors (Lipinski definition) is 5. The zero-order valence-corrected chi connectivity index (χ0v) is 18.3. The molecule has 0 aliphatic heterocycles. The summed E-state index contributed by atoms with van der Waals surface area (Å²) in [5.74, 6) is -1.18.